The molecule has 0 unspecified atom stereocenters. The van der Waals surface area contributed by atoms with Gasteiger partial charge in [-0.15, -0.1) is 0 Å². The topological polar surface area (TPSA) is 0 Å². The Morgan fingerprint density at radius 2 is 0.857 bits per heavy atom. The molecule has 0 atom stereocenters. The molecule has 1 heterocycles. The molecular formula is C20H18Si. The van der Waals surface area contributed by atoms with Gasteiger partial charge in [0.1, 0.15) is 0 Å². The number of hydrogen-bond donors (Lipinski definition) is 0. The standard InChI is InChI=1S/C20H18Si/c1-15-16(2)18(4)21(17(15)3,19-11-7-5-8-12-19)20-13-9-6-10-14-20/h5-14H,1-4H2. The first-order valence-corrected chi connectivity index (χ1v) is 8.99. The first-order valence-electron chi connectivity index (χ1n) is 6.99. The van der Waals surface area contributed by atoms with Crippen molar-refractivity contribution in [2.75, 3.05) is 0 Å². The van der Waals surface area contributed by atoms with Crippen LogP contribution in [0, 0.1) is 0 Å². The van der Waals surface area contributed by atoms with Gasteiger partial charge < -0.3 is 0 Å². The second-order valence-corrected chi connectivity index (χ2v) is 9.26. The summed E-state index contributed by atoms with van der Waals surface area (Å²) in [5.41, 5.74) is 1.92. The second-order valence-electron chi connectivity index (χ2n) is 5.40. The van der Waals surface area contributed by atoms with Gasteiger partial charge in [-0.2, -0.15) is 0 Å². The molecule has 2 aromatic rings. The zero-order valence-corrected chi connectivity index (χ0v) is 13.1. The molecule has 0 aliphatic carbocycles. The van der Waals surface area contributed by atoms with Gasteiger partial charge in [0.2, 0.25) is 0 Å². The van der Waals surface area contributed by atoms with Crippen LogP contribution in [0.25, 0.3) is 0 Å². The lowest BCUT2D eigenvalue weighted by molar-refractivity contribution is 1.63. The van der Waals surface area contributed by atoms with Crippen LogP contribution in [0.3, 0.4) is 0 Å². The molecule has 21 heavy (non-hydrogen) atoms. The summed E-state index contributed by atoms with van der Waals surface area (Å²) in [5, 5.41) is 4.81. The number of allylic oxidation sites excluding steroid dienone is 4. The van der Waals surface area contributed by atoms with E-state index in [0.717, 1.165) is 21.5 Å². The van der Waals surface area contributed by atoms with E-state index in [4.69, 9.17) is 0 Å². The highest BCUT2D eigenvalue weighted by Gasteiger charge is 2.49. The van der Waals surface area contributed by atoms with Gasteiger partial charge in [0, 0.05) is 0 Å². The van der Waals surface area contributed by atoms with Crippen molar-refractivity contribution >= 4 is 18.4 Å². The van der Waals surface area contributed by atoms with Crippen molar-refractivity contribution in [3.8, 4) is 0 Å². The average molecular weight is 286 g/mol. The van der Waals surface area contributed by atoms with Gasteiger partial charge in [-0.05, 0) is 31.9 Å². The summed E-state index contributed by atoms with van der Waals surface area (Å²) in [6, 6.07) is 21.1. The van der Waals surface area contributed by atoms with Crippen LogP contribution in [0.1, 0.15) is 0 Å². The summed E-state index contributed by atoms with van der Waals surface area (Å²) in [7, 11) is -2.31. The highest BCUT2D eigenvalue weighted by atomic mass is 28.3. The molecule has 2 aromatic carbocycles. The maximum Gasteiger partial charge on any atom is 0.179 e. The molecule has 0 spiro atoms. The molecule has 0 aromatic heterocycles. The van der Waals surface area contributed by atoms with Crippen LogP contribution < -0.4 is 10.4 Å². The lowest BCUT2D eigenvalue weighted by Crippen LogP contribution is -2.59. The lowest BCUT2D eigenvalue weighted by Gasteiger charge is -2.30. The fraction of sp³-hybridized carbons (Fsp3) is 0. The summed E-state index contributed by atoms with van der Waals surface area (Å²) in [5.74, 6) is 0. The molecule has 1 aliphatic rings. The molecule has 0 N–H and O–H groups in total. The number of benzene rings is 2. The van der Waals surface area contributed by atoms with E-state index in [-0.39, 0.29) is 0 Å². The number of rotatable bonds is 2. The third-order valence-corrected chi connectivity index (χ3v) is 9.22. The maximum atomic E-state index is 4.38. The molecule has 0 amide bonds. The van der Waals surface area contributed by atoms with E-state index in [2.05, 4.69) is 74.8 Å². The van der Waals surface area contributed by atoms with E-state index in [1.807, 2.05) is 12.1 Å². The number of hydrogen-bond acceptors (Lipinski definition) is 0. The molecule has 0 bridgehead atoms. The van der Waals surface area contributed by atoms with Crippen molar-refractivity contribution in [1.82, 2.24) is 0 Å². The minimum Gasteiger partial charge on any atom is -0.0981 e. The van der Waals surface area contributed by atoms with E-state index in [0.29, 0.717) is 0 Å². The molecule has 0 saturated carbocycles. The Hall–Kier alpha value is -2.38. The van der Waals surface area contributed by atoms with Crippen LogP contribution in [-0.2, 0) is 0 Å². The van der Waals surface area contributed by atoms with Gasteiger partial charge in [-0.3, -0.25) is 0 Å². The molecular weight excluding hydrogens is 268 g/mol. The molecule has 1 saturated heterocycles. The molecule has 0 nitrogen and oxygen atoms in total. The van der Waals surface area contributed by atoms with Crippen molar-refractivity contribution in [1.29, 1.82) is 0 Å². The Kier molecular flexibility index (Phi) is 3.15. The van der Waals surface area contributed by atoms with E-state index < -0.39 is 8.07 Å². The smallest absolute Gasteiger partial charge is 0.0981 e. The van der Waals surface area contributed by atoms with E-state index in [1.54, 1.807) is 0 Å². The minimum atomic E-state index is -2.31. The van der Waals surface area contributed by atoms with Crippen LogP contribution in [0.2, 0.25) is 0 Å². The van der Waals surface area contributed by atoms with Gasteiger partial charge in [0.15, 0.2) is 8.07 Å². The van der Waals surface area contributed by atoms with Gasteiger partial charge in [-0.1, -0.05) is 87.0 Å². The predicted octanol–water partition coefficient (Wildman–Crippen LogP) is 3.57. The van der Waals surface area contributed by atoms with Gasteiger partial charge in [0.25, 0.3) is 0 Å². The van der Waals surface area contributed by atoms with Gasteiger partial charge in [0.05, 0.1) is 0 Å². The SMILES string of the molecule is C=C1C(=C)C(=C)[Si](c2ccccc2)(c2ccccc2)C1=C. The van der Waals surface area contributed by atoms with Crippen LogP contribution in [0.15, 0.2) is 109 Å². The Morgan fingerprint density at radius 3 is 1.19 bits per heavy atom. The van der Waals surface area contributed by atoms with Crippen molar-refractivity contribution in [3.63, 3.8) is 0 Å². The summed E-state index contributed by atoms with van der Waals surface area (Å²) >= 11 is 0. The molecule has 0 radical (unpaired) electrons. The highest BCUT2D eigenvalue weighted by molar-refractivity contribution is 7.14. The minimum absolute atomic E-state index is 0.958. The largest absolute Gasteiger partial charge is 0.179 e. The molecule has 3 rings (SSSR count). The Labute approximate surface area is 127 Å². The summed E-state index contributed by atoms with van der Waals surface area (Å²) in [4.78, 5) is 0. The van der Waals surface area contributed by atoms with E-state index in [9.17, 15) is 0 Å². The third kappa shape index (κ3) is 1.75. The fourth-order valence-electron chi connectivity index (χ4n) is 3.24. The fourth-order valence-corrected chi connectivity index (χ4v) is 7.92. The van der Waals surface area contributed by atoms with Crippen LogP contribution in [0.4, 0.5) is 0 Å². The third-order valence-electron chi connectivity index (χ3n) is 4.41. The summed E-state index contributed by atoms with van der Waals surface area (Å²) in [6.45, 7) is 17.1. The Morgan fingerprint density at radius 1 is 0.524 bits per heavy atom. The molecule has 1 fully saturated rings. The lowest BCUT2D eigenvalue weighted by atomic mass is 10.1. The van der Waals surface area contributed by atoms with E-state index in [1.165, 1.54) is 10.4 Å². The van der Waals surface area contributed by atoms with Crippen molar-refractivity contribution < 1.29 is 0 Å². The van der Waals surface area contributed by atoms with Crippen LogP contribution >= 0.6 is 0 Å². The Bertz CT molecular complexity index is 683. The van der Waals surface area contributed by atoms with Crippen LogP contribution in [-0.4, -0.2) is 8.07 Å². The molecule has 1 aliphatic heterocycles. The van der Waals surface area contributed by atoms with Crippen molar-refractivity contribution in [3.05, 3.63) is 109 Å². The summed E-state index contributed by atoms with van der Waals surface area (Å²) in [6.07, 6.45) is 0. The van der Waals surface area contributed by atoms with Gasteiger partial charge >= 0.3 is 0 Å². The monoisotopic (exact) mass is 286 g/mol. The normalized spacial score (nSPS) is 17.3. The van der Waals surface area contributed by atoms with Crippen molar-refractivity contribution in [2.45, 2.75) is 0 Å². The molecule has 102 valence electrons. The van der Waals surface area contributed by atoms with Crippen LogP contribution in [0.5, 0.6) is 0 Å². The van der Waals surface area contributed by atoms with Crippen molar-refractivity contribution in [2.24, 2.45) is 0 Å². The predicted molar refractivity (Wildman–Crippen MR) is 94.5 cm³/mol. The highest BCUT2D eigenvalue weighted by Crippen LogP contribution is 2.42. The zero-order valence-electron chi connectivity index (χ0n) is 12.1. The quantitative estimate of drug-likeness (QED) is 0.741. The average Bonchev–Trinajstić information content (AvgIpc) is 2.71. The molecule has 1 heteroatoms. The zero-order chi connectivity index (χ0) is 15.0. The second kappa shape index (κ2) is 4.87. The first kappa shape index (κ1) is 13.6. The van der Waals surface area contributed by atoms with E-state index >= 15 is 0 Å². The Balaban J connectivity index is 2.38. The van der Waals surface area contributed by atoms with Gasteiger partial charge in [-0.25, -0.2) is 0 Å². The maximum absolute atomic E-state index is 4.38. The first-order chi connectivity index (χ1) is 10.1. The summed E-state index contributed by atoms with van der Waals surface area (Å²) < 4.78 is 0.